The number of furan rings is 1. The Morgan fingerprint density at radius 2 is 1.92 bits per heavy atom. The fourth-order valence-electron chi connectivity index (χ4n) is 2.45. The first-order chi connectivity index (χ1) is 11.9. The van der Waals surface area contributed by atoms with Crippen LogP contribution < -0.4 is 10.6 Å². The Balaban J connectivity index is 2.00. The molecule has 1 heterocycles. The van der Waals surface area contributed by atoms with E-state index in [1.54, 1.807) is 12.1 Å². The van der Waals surface area contributed by atoms with Gasteiger partial charge in [-0.25, -0.2) is 0 Å². The summed E-state index contributed by atoms with van der Waals surface area (Å²) in [6.45, 7) is 5.37. The number of anilines is 1. The summed E-state index contributed by atoms with van der Waals surface area (Å²) in [4.78, 5) is 24.2. The quantitative estimate of drug-likeness (QED) is 0.702. The van der Waals surface area contributed by atoms with Crippen LogP contribution in [0.1, 0.15) is 37.7 Å². The van der Waals surface area contributed by atoms with E-state index in [2.05, 4.69) is 10.6 Å². The molecule has 0 radical (unpaired) electrons. The summed E-state index contributed by atoms with van der Waals surface area (Å²) >= 11 is 0. The predicted molar refractivity (Wildman–Crippen MR) is 95.1 cm³/mol. The van der Waals surface area contributed by atoms with Crippen molar-refractivity contribution in [2.75, 3.05) is 11.9 Å². The normalized spacial score (nSPS) is 13.1. The zero-order valence-electron chi connectivity index (χ0n) is 14.8. The molecular formula is C19H24N2O4. The van der Waals surface area contributed by atoms with Gasteiger partial charge in [0.15, 0.2) is 0 Å². The summed E-state index contributed by atoms with van der Waals surface area (Å²) in [7, 11) is 0. The minimum absolute atomic E-state index is 0.137. The van der Waals surface area contributed by atoms with Gasteiger partial charge >= 0.3 is 11.8 Å². The van der Waals surface area contributed by atoms with E-state index in [4.69, 9.17) is 4.42 Å². The van der Waals surface area contributed by atoms with Crippen molar-refractivity contribution in [1.82, 2.24) is 5.32 Å². The molecule has 1 atom stereocenters. The zero-order valence-corrected chi connectivity index (χ0v) is 14.8. The van der Waals surface area contributed by atoms with Gasteiger partial charge in [-0.15, -0.1) is 0 Å². The van der Waals surface area contributed by atoms with Gasteiger partial charge in [-0.1, -0.05) is 26.0 Å². The third-order valence-electron chi connectivity index (χ3n) is 4.06. The summed E-state index contributed by atoms with van der Waals surface area (Å²) in [5, 5.41) is 15.4. The minimum atomic E-state index is -1.39. The molecule has 1 aromatic heterocycles. The number of rotatable bonds is 6. The average Bonchev–Trinajstić information content (AvgIpc) is 3.15. The molecule has 0 aliphatic heterocycles. The topological polar surface area (TPSA) is 91.6 Å². The molecule has 25 heavy (non-hydrogen) atoms. The number of hydrogen-bond donors (Lipinski definition) is 3. The van der Waals surface area contributed by atoms with E-state index in [1.807, 2.05) is 32.0 Å². The third kappa shape index (κ3) is 4.70. The van der Waals surface area contributed by atoms with Gasteiger partial charge in [0.25, 0.3) is 0 Å². The van der Waals surface area contributed by atoms with Crippen LogP contribution in [0.25, 0.3) is 0 Å². The molecule has 2 aromatic rings. The standard InChI is InChI=1S/C19H24N2O4/c1-4-13-8-9-14(5-2)15(11-13)21-18(23)17(22)20-12-19(3,24)16-7-6-10-25-16/h6-11,24H,4-5,12H2,1-3H3,(H,20,22)(H,21,23). The van der Waals surface area contributed by atoms with Gasteiger partial charge in [0, 0.05) is 5.69 Å². The first-order valence-corrected chi connectivity index (χ1v) is 8.34. The zero-order chi connectivity index (χ0) is 18.4. The highest BCUT2D eigenvalue weighted by molar-refractivity contribution is 6.39. The lowest BCUT2D eigenvalue weighted by molar-refractivity contribution is -0.136. The first-order valence-electron chi connectivity index (χ1n) is 8.34. The molecule has 2 amide bonds. The van der Waals surface area contributed by atoms with E-state index in [1.165, 1.54) is 13.2 Å². The summed E-state index contributed by atoms with van der Waals surface area (Å²) in [6, 6.07) is 9.09. The van der Waals surface area contributed by atoms with E-state index in [9.17, 15) is 14.7 Å². The van der Waals surface area contributed by atoms with Gasteiger partial charge < -0.3 is 20.2 Å². The van der Waals surface area contributed by atoms with Gasteiger partial charge in [-0.2, -0.15) is 0 Å². The number of carbonyl (C=O) groups excluding carboxylic acids is 2. The van der Waals surface area contributed by atoms with E-state index < -0.39 is 17.4 Å². The molecule has 2 rings (SSSR count). The van der Waals surface area contributed by atoms with Gasteiger partial charge in [-0.3, -0.25) is 9.59 Å². The molecule has 3 N–H and O–H groups in total. The average molecular weight is 344 g/mol. The fraction of sp³-hybridized carbons (Fsp3) is 0.368. The van der Waals surface area contributed by atoms with Gasteiger partial charge in [0.1, 0.15) is 11.4 Å². The third-order valence-corrected chi connectivity index (χ3v) is 4.06. The van der Waals surface area contributed by atoms with Crippen LogP contribution in [-0.4, -0.2) is 23.5 Å². The lowest BCUT2D eigenvalue weighted by Crippen LogP contribution is -2.43. The molecule has 0 saturated heterocycles. The lowest BCUT2D eigenvalue weighted by Gasteiger charge is -2.21. The van der Waals surface area contributed by atoms with Crippen LogP contribution in [0.2, 0.25) is 0 Å². The van der Waals surface area contributed by atoms with Crippen molar-refractivity contribution in [3.63, 3.8) is 0 Å². The number of benzene rings is 1. The van der Waals surface area contributed by atoms with Crippen LogP contribution in [0.3, 0.4) is 0 Å². The number of aryl methyl sites for hydroxylation is 2. The van der Waals surface area contributed by atoms with Crippen molar-refractivity contribution in [3.8, 4) is 0 Å². The van der Waals surface area contributed by atoms with Gasteiger partial charge in [0.2, 0.25) is 0 Å². The number of nitrogens with one attached hydrogen (secondary N) is 2. The summed E-state index contributed by atoms with van der Waals surface area (Å²) in [6.07, 6.45) is 3.02. The molecule has 1 aromatic carbocycles. The fourth-order valence-corrected chi connectivity index (χ4v) is 2.45. The maximum atomic E-state index is 12.2. The molecule has 0 spiro atoms. The Morgan fingerprint density at radius 1 is 1.16 bits per heavy atom. The van der Waals surface area contributed by atoms with Crippen molar-refractivity contribution < 1.29 is 19.1 Å². The van der Waals surface area contributed by atoms with E-state index in [-0.39, 0.29) is 6.54 Å². The number of carbonyl (C=O) groups is 2. The van der Waals surface area contributed by atoms with E-state index in [0.717, 1.165) is 24.0 Å². The lowest BCUT2D eigenvalue weighted by atomic mass is 10.0. The maximum Gasteiger partial charge on any atom is 0.313 e. The van der Waals surface area contributed by atoms with Gasteiger partial charge in [-0.05, 0) is 49.1 Å². The van der Waals surface area contributed by atoms with Crippen molar-refractivity contribution in [2.45, 2.75) is 39.2 Å². The van der Waals surface area contributed by atoms with E-state index in [0.29, 0.717) is 11.4 Å². The van der Waals surface area contributed by atoms with Crippen LogP contribution in [0, 0.1) is 0 Å². The molecule has 0 fully saturated rings. The Bertz CT molecular complexity index is 736. The molecule has 0 saturated carbocycles. The smallest absolute Gasteiger partial charge is 0.313 e. The Kier molecular flexibility index (Phi) is 5.98. The highest BCUT2D eigenvalue weighted by atomic mass is 16.4. The molecule has 6 nitrogen and oxygen atoms in total. The Labute approximate surface area is 147 Å². The van der Waals surface area contributed by atoms with Crippen molar-refractivity contribution in [3.05, 3.63) is 53.5 Å². The molecule has 134 valence electrons. The van der Waals surface area contributed by atoms with Crippen LogP contribution in [-0.2, 0) is 28.0 Å². The Morgan fingerprint density at radius 3 is 2.52 bits per heavy atom. The van der Waals surface area contributed by atoms with Crippen LogP contribution >= 0.6 is 0 Å². The minimum Gasteiger partial charge on any atom is -0.466 e. The highest BCUT2D eigenvalue weighted by Crippen LogP contribution is 2.20. The summed E-state index contributed by atoms with van der Waals surface area (Å²) in [5.74, 6) is -1.26. The highest BCUT2D eigenvalue weighted by Gasteiger charge is 2.28. The summed E-state index contributed by atoms with van der Waals surface area (Å²) < 4.78 is 5.14. The van der Waals surface area contributed by atoms with Crippen molar-refractivity contribution in [2.24, 2.45) is 0 Å². The monoisotopic (exact) mass is 344 g/mol. The van der Waals surface area contributed by atoms with Crippen LogP contribution in [0.15, 0.2) is 41.0 Å². The molecule has 0 aliphatic carbocycles. The predicted octanol–water partition coefficient (Wildman–Crippen LogP) is 2.37. The van der Waals surface area contributed by atoms with Gasteiger partial charge in [0.05, 0.1) is 12.8 Å². The number of hydrogen-bond acceptors (Lipinski definition) is 4. The number of aliphatic hydroxyl groups is 1. The molecule has 1 unspecified atom stereocenters. The van der Waals surface area contributed by atoms with E-state index >= 15 is 0 Å². The van der Waals surface area contributed by atoms with Crippen LogP contribution in [0.5, 0.6) is 0 Å². The maximum absolute atomic E-state index is 12.2. The second kappa shape index (κ2) is 7.98. The molecule has 6 heteroatoms. The largest absolute Gasteiger partial charge is 0.466 e. The molecule has 0 bridgehead atoms. The second-order valence-corrected chi connectivity index (χ2v) is 6.09. The second-order valence-electron chi connectivity index (χ2n) is 6.09. The molecular weight excluding hydrogens is 320 g/mol. The Hall–Kier alpha value is -2.60. The SMILES string of the molecule is CCc1ccc(CC)c(NC(=O)C(=O)NCC(C)(O)c2ccco2)c1. The van der Waals surface area contributed by atoms with Crippen molar-refractivity contribution in [1.29, 1.82) is 0 Å². The molecule has 0 aliphatic rings. The summed E-state index contributed by atoms with van der Waals surface area (Å²) in [5.41, 5.74) is 1.28. The van der Waals surface area contributed by atoms with Crippen LogP contribution in [0.4, 0.5) is 5.69 Å². The first kappa shape index (κ1) is 18.7. The van der Waals surface area contributed by atoms with Crippen molar-refractivity contribution >= 4 is 17.5 Å². The number of amides is 2.